The molecule has 1 aliphatic rings. The van der Waals surface area contributed by atoms with Gasteiger partial charge in [0.15, 0.2) is 0 Å². The summed E-state index contributed by atoms with van der Waals surface area (Å²) >= 11 is 1.61. The van der Waals surface area contributed by atoms with Crippen LogP contribution in [0, 0.1) is 5.92 Å². The number of thioether (sulfide) groups is 1. The van der Waals surface area contributed by atoms with E-state index in [0.29, 0.717) is 5.92 Å². The molecular formula is C10H18O2S. The third kappa shape index (κ3) is 2.39. The Hall–Kier alpha value is -0.180. The van der Waals surface area contributed by atoms with E-state index >= 15 is 0 Å². The van der Waals surface area contributed by atoms with Crippen molar-refractivity contribution in [1.29, 1.82) is 0 Å². The lowest BCUT2D eigenvalue weighted by Crippen LogP contribution is -2.38. The van der Waals surface area contributed by atoms with Crippen LogP contribution in [0.2, 0.25) is 0 Å². The zero-order chi connectivity index (χ0) is 9.90. The van der Waals surface area contributed by atoms with E-state index in [1.165, 1.54) is 0 Å². The maximum absolute atomic E-state index is 11.2. The van der Waals surface area contributed by atoms with Gasteiger partial charge in [-0.05, 0) is 37.4 Å². The summed E-state index contributed by atoms with van der Waals surface area (Å²) in [5.41, 5.74) is 0. The molecule has 1 fully saturated rings. The van der Waals surface area contributed by atoms with Crippen LogP contribution in [0.5, 0.6) is 0 Å². The fraction of sp³-hybridized carbons (Fsp3) is 0.900. The monoisotopic (exact) mass is 202 g/mol. The van der Waals surface area contributed by atoms with Crippen molar-refractivity contribution in [2.24, 2.45) is 5.92 Å². The second-order valence-electron chi connectivity index (χ2n) is 3.91. The van der Waals surface area contributed by atoms with Gasteiger partial charge in [-0.25, -0.2) is 0 Å². The molecule has 0 aromatic heterocycles. The Kier molecular flexibility index (Phi) is 3.65. The van der Waals surface area contributed by atoms with Crippen molar-refractivity contribution in [3.63, 3.8) is 0 Å². The standard InChI is InChI=1S/C10H18O2S/c1-3-13-10(9(11)12)6-4-8(2)5-7-10/h8H,3-7H2,1-2H3,(H,11,12). The van der Waals surface area contributed by atoms with Gasteiger partial charge in [0.1, 0.15) is 4.75 Å². The van der Waals surface area contributed by atoms with E-state index in [1.54, 1.807) is 11.8 Å². The van der Waals surface area contributed by atoms with E-state index in [0.717, 1.165) is 31.4 Å². The average Bonchev–Trinajstić information content (AvgIpc) is 2.09. The third-order valence-corrected chi connectivity index (χ3v) is 4.32. The Morgan fingerprint density at radius 2 is 2.08 bits per heavy atom. The van der Waals surface area contributed by atoms with Gasteiger partial charge in [-0.3, -0.25) is 4.79 Å². The Labute approximate surface area is 84.1 Å². The molecule has 2 nitrogen and oxygen atoms in total. The van der Waals surface area contributed by atoms with Gasteiger partial charge in [-0.1, -0.05) is 13.8 Å². The van der Waals surface area contributed by atoms with Crippen molar-refractivity contribution < 1.29 is 9.90 Å². The molecule has 1 N–H and O–H groups in total. The molecule has 0 unspecified atom stereocenters. The number of carbonyl (C=O) groups is 1. The first kappa shape index (κ1) is 10.9. The van der Waals surface area contributed by atoms with Gasteiger partial charge in [-0.2, -0.15) is 0 Å². The molecule has 1 aliphatic carbocycles. The highest BCUT2D eigenvalue weighted by molar-refractivity contribution is 8.01. The maximum atomic E-state index is 11.2. The van der Waals surface area contributed by atoms with Crippen LogP contribution in [-0.4, -0.2) is 21.6 Å². The van der Waals surface area contributed by atoms with Gasteiger partial charge in [0, 0.05) is 0 Å². The fourth-order valence-corrected chi connectivity index (χ4v) is 3.13. The van der Waals surface area contributed by atoms with E-state index in [2.05, 4.69) is 6.92 Å². The summed E-state index contributed by atoms with van der Waals surface area (Å²) in [6.07, 6.45) is 3.84. The highest BCUT2D eigenvalue weighted by Gasteiger charge is 2.40. The molecule has 1 saturated carbocycles. The lowest BCUT2D eigenvalue weighted by Gasteiger charge is -2.34. The largest absolute Gasteiger partial charge is 0.480 e. The smallest absolute Gasteiger partial charge is 0.319 e. The van der Waals surface area contributed by atoms with E-state index in [4.69, 9.17) is 0 Å². The summed E-state index contributed by atoms with van der Waals surface area (Å²) in [7, 11) is 0. The number of rotatable bonds is 3. The molecule has 0 spiro atoms. The minimum Gasteiger partial charge on any atom is -0.480 e. The molecule has 0 bridgehead atoms. The predicted molar refractivity (Wildman–Crippen MR) is 56.1 cm³/mol. The zero-order valence-electron chi connectivity index (χ0n) is 8.38. The van der Waals surface area contributed by atoms with Crippen molar-refractivity contribution in [2.75, 3.05) is 5.75 Å². The summed E-state index contributed by atoms with van der Waals surface area (Å²) in [4.78, 5) is 11.2. The lowest BCUT2D eigenvalue weighted by molar-refractivity contribution is -0.141. The molecule has 0 amide bonds. The van der Waals surface area contributed by atoms with Crippen LogP contribution in [0.1, 0.15) is 39.5 Å². The molecule has 0 aromatic rings. The van der Waals surface area contributed by atoms with E-state index in [9.17, 15) is 9.90 Å². The second kappa shape index (κ2) is 4.36. The third-order valence-electron chi connectivity index (χ3n) is 2.89. The maximum Gasteiger partial charge on any atom is 0.319 e. The first-order chi connectivity index (χ1) is 6.10. The highest BCUT2D eigenvalue weighted by atomic mass is 32.2. The van der Waals surface area contributed by atoms with Gasteiger partial charge in [0.2, 0.25) is 0 Å². The van der Waals surface area contributed by atoms with E-state index in [1.807, 2.05) is 6.92 Å². The number of aliphatic carboxylic acids is 1. The molecule has 76 valence electrons. The van der Waals surface area contributed by atoms with Crippen molar-refractivity contribution >= 4 is 17.7 Å². The van der Waals surface area contributed by atoms with E-state index in [-0.39, 0.29) is 0 Å². The van der Waals surface area contributed by atoms with Crippen LogP contribution < -0.4 is 0 Å². The second-order valence-corrected chi connectivity index (χ2v) is 5.56. The molecule has 0 aromatic carbocycles. The van der Waals surface area contributed by atoms with Gasteiger partial charge >= 0.3 is 5.97 Å². The topological polar surface area (TPSA) is 37.3 Å². The minimum atomic E-state index is -0.605. The predicted octanol–water partition coefficient (Wildman–Crippen LogP) is 2.77. The number of hydrogen-bond donors (Lipinski definition) is 1. The summed E-state index contributed by atoms with van der Waals surface area (Å²) in [6.45, 7) is 4.25. The summed E-state index contributed by atoms with van der Waals surface area (Å²) in [6, 6.07) is 0. The van der Waals surface area contributed by atoms with Crippen LogP contribution in [0.25, 0.3) is 0 Å². The van der Waals surface area contributed by atoms with Crippen LogP contribution >= 0.6 is 11.8 Å². The molecule has 1 rings (SSSR count). The normalized spacial score (nSPS) is 34.5. The van der Waals surface area contributed by atoms with Gasteiger partial charge in [0.05, 0.1) is 0 Å². The number of carboxylic acids is 1. The SMILES string of the molecule is CCSC1(C(=O)O)CCC(C)CC1. The molecule has 0 aliphatic heterocycles. The highest BCUT2D eigenvalue weighted by Crippen LogP contribution is 2.41. The van der Waals surface area contributed by atoms with Crippen molar-refractivity contribution in [3.8, 4) is 0 Å². The van der Waals surface area contributed by atoms with Crippen LogP contribution in [0.15, 0.2) is 0 Å². The van der Waals surface area contributed by atoms with Gasteiger partial charge < -0.3 is 5.11 Å². The molecule has 0 heterocycles. The molecule has 0 radical (unpaired) electrons. The molecule has 13 heavy (non-hydrogen) atoms. The van der Waals surface area contributed by atoms with Gasteiger partial charge in [-0.15, -0.1) is 11.8 Å². The summed E-state index contributed by atoms with van der Waals surface area (Å²) in [5.74, 6) is 1.01. The first-order valence-corrected chi connectivity index (χ1v) is 5.96. The number of carboxylic acid groups (broad SMARTS) is 1. The average molecular weight is 202 g/mol. The molecule has 0 saturated heterocycles. The van der Waals surface area contributed by atoms with Gasteiger partial charge in [0.25, 0.3) is 0 Å². The van der Waals surface area contributed by atoms with Crippen LogP contribution in [-0.2, 0) is 4.79 Å². The zero-order valence-corrected chi connectivity index (χ0v) is 9.19. The Balaban J connectivity index is 2.63. The van der Waals surface area contributed by atoms with E-state index < -0.39 is 10.7 Å². The Bertz CT molecular complexity index is 183. The van der Waals surface area contributed by atoms with Crippen LogP contribution in [0.3, 0.4) is 0 Å². The molecular weight excluding hydrogens is 184 g/mol. The summed E-state index contributed by atoms with van der Waals surface area (Å²) < 4.78 is -0.457. The fourth-order valence-electron chi connectivity index (χ4n) is 1.92. The first-order valence-electron chi connectivity index (χ1n) is 4.98. The van der Waals surface area contributed by atoms with Crippen LogP contribution in [0.4, 0.5) is 0 Å². The minimum absolute atomic E-state index is 0.457. The Morgan fingerprint density at radius 1 is 1.54 bits per heavy atom. The Morgan fingerprint density at radius 3 is 2.46 bits per heavy atom. The molecule has 0 atom stereocenters. The number of hydrogen-bond acceptors (Lipinski definition) is 2. The quantitative estimate of drug-likeness (QED) is 0.764. The summed E-state index contributed by atoms with van der Waals surface area (Å²) in [5, 5.41) is 9.19. The van der Waals surface area contributed by atoms with Crippen molar-refractivity contribution in [2.45, 2.75) is 44.3 Å². The lowest BCUT2D eigenvalue weighted by atomic mass is 9.82. The van der Waals surface area contributed by atoms with Crippen molar-refractivity contribution in [1.82, 2.24) is 0 Å². The molecule has 3 heteroatoms. The van der Waals surface area contributed by atoms with Crippen molar-refractivity contribution in [3.05, 3.63) is 0 Å².